The van der Waals surface area contributed by atoms with Gasteiger partial charge in [0.15, 0.2) is 0 Å². The number of benzene rings is 1. The summed E-state index contributed by atoms with van der Waals surface area (Å²) in [5.41, 5.74) is 3.65. The van der Waals surface area contributed by atoms with Crippen LogP contribution < -0.4 is 5.32 Å². The van der Waals surface area contributed by atoms with Gasteiger partial charge in [-0.15, -0.1) is 0 Å². The van der Waals surface area contributed by atoms with E-state index in [4.69, 9.17) is 4.74 Å². The highest BCUT2D eigenvalue weighted by molar-refractivity contribution is 5.86. The van der Waals surface area contributed by atoms with Crippen molar-refractivity contribution < 1.29 is 9.53 Å². The van der Waals surface area contributed by atoms with Crippen LogP contribution in [-0.4, -0.2) is 42.7 Å². The van der Waals surface area contributed by atoms with Crippen molar-refractivity contribution in [2.24, 2.45) is 0 Å². The topological polar surface area (TPSA) is 57.4 Å². The molecule has 0 spiro atoms. The zero-order valence-corrected chi connectivity index (χ0v) is 12.5. The molecule has 112 valence electrons. The van der Waals surface area contributed by atoms with Crippen molar-refractivity contribution >= 4 is 16.9 Å². The highest BCUT2D eigenvalue weighted by Crippen LogP contribution is 2.33. The molecule has 1 atom stereocenters. The first-order valence-corrected chi connectivity index (χ1v) is 7.35. The molecule has 1 aliphatic rings. The lowest BCUT2D eigenvalue weighted by molar-refractivity contribution is 0.163. The number of urea groups is 1. The van der Waals surface area contributed by atoms with E-state index in [-0.39, 0.29) is 12.1 Å². The van der Waals surface area contributed by atoms with Gasteiger partial charge < -0.3 is 19.9 Å². The highest BCUT2D eigenvalue weighted by atomic mass is 16.5. The van der Waals surface area contributed by atoms with Gasteiger partial charge >= 0.3 is 6.03 Å². The number of carbonyl (C=O) groups is 1. The third kappa shape index (κ3) is 2.49. The SMILES string of the molecule is COCCNC(=O)N1CCc2c([nH]c3ccccc23)[C@@H]1C. The summed E-state index contributed by atoms with van der Waals surface area (Å²) in [6, 6.07) is 8.36. The molecule has 2 N–H and O–H groups in total. The molecule has 1 aromatic heterocycles. The van der Waals surface area contributed by atoms with Gasteiger partial charge in [-0.1, -0.05) is 18.2 Å². The quantitative estimate of drug-likeness (QED) is 0.852. The predicted octanol–water partition coefficient (Wildman–Crippen LogP) is 2.44. The van der Waals surface area contributed by atoms with Crippen LogP contribution in [0.3, 0.4) is 0 Å². The van der Waals surface area contributed by atoms with Crippen LogP contribution in [0, 0.1) is 0 Å². The number of aromatic nitrogens is 1. The number of rotatable bonds is 3. The van der Waals surface area contributed by atoms with Crippen LogP contribution in [0.2, 0.25) is 0 Å². The van der Waals surface area contributed by atoms with E-state index in [0.717, 1.165) is 24.2 Å². The molecule has 3 rings (SSSR count). The molecule has 2 amide bonds. The van der Waals surface area contributed by atoms with E-state index in [9.17, 15) is 4.79 Å². The third-order valence-corrected chi connectivity index (χ3v) is 4.18. The molecule has 5 nitrogen and oxygen atoms in total. The van der Waals surface area contributed by atoms with Crippen molar-refractivity contribution in [3.05, 3.63) is 35.5 Å². The smallest absolute Gasteiger partial charge is 0.318 e. The average Bonchev–Trinajstić information content (AvgIpc) is 2.87. The van der Waals surface area contributed by atoms with Crippen LogP contribution >= 0.6 is 0 Å². The lowest BCUT2D eigenvalue weighted by atomic mass is 9.99. The van der Waals surface area contributed by atoms with Gasteiger partial charge in [0, 0.05) is 36.8 Å². The molecule has 2 heterocycles. The van der Waals surface area contributed by atoms with E-state index < -0.39 is 0 Å². The number of hydrogen-bond acceptors (Lipinski definition) is 2. The number of aromatic amines is 1. The van der Waals surface area contributed by atoms with Crippen LogP contribution in [0.15, 0.2) is 24.3 Å². The van der Waals surface area contributed by atoms with Crippen LogP contribution in [0.1, 0.15) is 24.2 Å². The normalized spacial score (nSPS) is 17.8. The maximum Gasteiger partial charge on any atom is 0.318 e. The van der Waals surface area contributed by atoms with E-state index >= 15 is 0 Å². The molecule has 0 bridgehead atoms. The fourth-order valence-electron chi connectivity index (χ4n) is 3.07. The second kappa shape index (κ2) is 5.77. The Morgan fingerprint density at radius 3 is 3.10 bits per heavy atom. The van der Waals surface area contributed by atoms with Crippen molar-refractivity contribution in [2.75, 3.05) is 26.8 Å². The van der Waals surface area contributed by atoms with Crippen molar-refractivity contribution in [3.63, 3.8) is 0 Å². The minimum Gasteiger partial charge on any atom is -0.383 e. The molecule has 0 radical (unpaired) electrons. The molecule has 0 aliphatic carbocycles. The summed E-state index contributed by atoms with van der Waals surface area (Å²) in [4.78, 5) is 17.6. The molecule has 2 aromatic rings. The second-order valence-electron chi connectivity index (χ2n) is 5.41. The van der Waals surface area contributed by atoms with Gasteiger partial charge in [0.05, 0.1) is 12.6 Å². The van der Waals surface area contributed by atoms with E-state index in [1.807, 2.05) is 11.0 Å². The molecular formula is C16H21N3O2. The fourth-order valence-corrected chi connectivity index (χ4v) is 3.07. The Hall–Kier alpha value is -2.01. The Bertz CT molecular complexity index is 650. The van der Waals surface area contributed by atoms with Gasteiger partial charge in [0.2, 0.25) is 0 Å². The first-order valence-electron chi connectivity index (χ1n) is 7.35. The van der Waals surface area contributed by atoms with Gasteiger partial charge in [-0.2, -0.15) is 0 Å². The number of amides is 2. The number of hydrogen-bond donors (Lipinski definition) is 2. The number of H-pyrrole nitrogens is 1. The number of nitrogens with zero attached hydrogens (tertiary/aromatic N) is 1. The Labute approximate surface area is 124 Å². The first kappa shape index (κ1) is 13.9. The lowest BCUT2D eigenvalue weighted by Crippen LogP contribution is -2.45. The summed E-state index contributed by atoms with van der Waals surface area (Å²) in [6.07, 6.45) is 0.890. The Balaban J connectivity index is 1.82. The number of nitrogens with one attached hydrogen (secondary N) is 2. The van der Waals surface area contributed by atoms with Gasteiger partial charge in [-0.3, -0.25) is 0 Å². The molecule has 0 fully saturated rings. The maximum atomic E-state index is 12.3. The summed E-state index contributed by atoms with van der Waals surface area (Å²) >= 11 is 0. The van der Waals surface area contributed by atoms with Gasteiger partial charge in [0.25, 0.3) is 0 Å². The number of para-hydroxylation sites is 1. The van der Waals surface area contributed by atoms with E-state index in [1.54, 1.807) is 7.11 Å². The molecule has 0 saturated carbocycles. The number of methoxy groups -OCH3 is 1. The van der Waals surface area contributed by atoms with Crippen molar-refractivity contribution in [3.8, 4) is 0 Å². The number of ether oxygens (including phenoxy) is 1. The molecular weight excluding hydrogens is 266 g/mol. The zero-order chi connectivity index (χ0) is 14.8. The fraction of sp³-hybridized carbons (Fsp3) is 0.438. The van der Waals surface area contributed by atoms with Crippen LogP contribution in [0.5, 0.6) is 0 Å². The number of fused-ring (bicyclic) bond motifs is 3. The van der Waals surface area contributed by atoms with E-state index in [2.05, 4.69) is 35.4 Å². The molecule has 5 heteroatoms. The Kier molecular flexibility index (Phi) is 3.84. The predicted molar refractivity (Wildman–Crippen MR) is 82.4 cm³/mol. The van der Waals surface area contributed by atoms with Crippen LogP contribution in [0.25, 0.3) is 10.9 Å². The monoisotopic (exact) mass is 287 g/mol. The van der Waals surface area contributed by atoms with Crippen molar-refractivity contribution in [1.82, 2.24) is 15.2 Å². The Morgan fingerprint density at radius 1 is 1.48 bits per heavy atom. The average molecular weight is 287 g/mol. The summed E-state index contributed by atoms with van der Waals surface area (Å²) in [5.74, 6) is 0. The van der Waals surface area contributed by atoms with Crippen molar-refractivity contribution in [1.29, 1.82) is 0 Å². The summed E-state index contributed by atoms with van der Waals surface area (Å²) < 4.78 is 4.96. The van der Waals surface area contributed by atoms with Crippen LogP contribution in [-0.2, 0) is 11.2 Å². The summed E-state index contributed by atoms with van der Waals surface area (Å²) in [7, 11) is 1.63. The maximum absolute atomic E-state index is 12.3. The molecule has 0 saturated heterocycles. The standard InChI is InChI=1S/C16H21N3O2/c1-11-15-13(12-5-3-4-6-14(12)18-15)7-9-19(11)16(20)17-8-10-21-2/h3-6,11,18H,7-10H2,1-2H3,(H,17,20)/t11-/m0/s1. The van der Waals surface area contributed by atoms with Gasteiger partial charge in [-0.25, -0.2) is 4.79 Å². The summed E-state index contributed by atoms with van der Waals surface area (Å²) in [5, 5.41) is 4.17. The Morgan fingerprint density at radius 2 is 2.29 bits per heavy atom. The molecule has 1 aliphatic heterocycles. The molecule has 1 aromatic carbocycles. The second-order valence-corrected chi connectivity index (χ2v) is 5.41. The van der Waals surface area contributed by atoms with Crippen molar-refractivity contribution in [2.45, 2.75) is 19.4 Å². The minimum atomic E-state index is -0.0242. The van der Waals surface area contributed by atoms with E-state index in [0.29, 0.717) is 13.2 Å². The lowest BCUT2D eigenvalue weighted by Gasteiger charge is -2.33. The largest absolute Gasteiger partial charge is 0.383 e. The third-order valence-electron chi connectivity index (χ3n) is 4.18. The van der Waals surface area contributed by atoms with E-state index in [1.165, 1.54) is 10.9 Å². The number of carbonyl (C=O) groups excluding carboxylic acids is 1. The minimum absolute atomic E-state index is 0.0242. The summed E-state index contributed by atoms with van der Waals surface area (Å²) in [6.45, 7) is 3.89. The molecule has 0 unspecified atom stereocenters. The molecule has 21 heavy (non-hydrogen) atoms. The van der Waals surface area contributed by atoms with Crippen LogP contribution in [0.4, 0.5) is 4.79 Å². The first-order chi connectivity index (χ1) is 10.2. The van der Waals surface area contributed by atoms with Gasteiger partial charge in [-0.05, 0) is 25.0 Å². The highest BCUT2D eigenvalue weighted by Gasteiger charge is 2.29. The van der Waals surface area contributed by atoms with Gasteiger partial charge in [0.1, 0.15) is 0 Å². The zero-order valence-electron chi connectivity index (χ0n) is 12.5.